The van der Waals surface area contributed by atoms with Gasteiger partial charge in [-0.15, -0.1) is 0 Å². The average Bonchev–Trinajstić information content (AvgIpc) is 2.57. The molecule has 0 radical (unpaired) electrons. The predicted molar refractivity (Wildman–Crippen MR) is 86.6 cm³/mol. The van der Waals surface area contributed by atoms with Crippen LogP contribution in [0.15, 0.2) is 42.5 Å². The quantitative estimate of drug-likeness (QED) is 0.935. The van der Waals surface area contributed by atoms with Gasteiger partial charge in [0.05, 0.1) is 0 Å². The monoisotopic (exact) mass is 316 g/mol. The van der Waals surface area contributed by atoms with E-state index >= 15 is 0 Å². The first-order valence-electron chi connectivity index (χ1n) is 7.67. The van der Waals surface area contributed by atoms with E-state index in [0.717, 1.165) is 37.2 Å². The molecule has 1 N–H and O–H groups in total. The normalized spacial score (nSPS) is 15.0. The Morgan fingerprint density at radius 2 is 1.83 bits per heavy atom. The highest BCUT2D eigenvalue weighted by atomic mass is 19.1. The van der Waals surface area contributed by atoms with Gasteiger partial charge in [0.15, 0.2) is 0 Å². The van der Waals surface area contributed by atoms with E-state index in [0.29, 0.717) is 0 Å². The third-order valence-electron chi connectivity index (χ3n) is 4.20. The first-order valence-corrected chi connectivity index (χ1v) is 7.67. The first kappa shape index (κ1) is 15.5. The highest BCUT2D eigenvalue weighted by Crippen LogP contribution is 2.29. The van der Waals surface area contributed by atoms with E-state index in [1.54, 1.807) is 6.92 Å². The lowest BCUT2D eigenvalue weighted by Crippen LogP contribution is -2.44. The number of carbonyl (C=O) groups is 1. The molecular formula is C18H18F2N2O. The summed E-state index contributed by atoms with van der Waals surface area (Å²) in [6.45, 7) is 2.49. The van der Waals surface area contributed by atoms with Crippen molar-refractivity contribution in [2.45, 2.75) is 25.8 Å². The topological polar surface area (TPSA) is 32.3 Å². The van der Waals surface area contributed by atoms with Gasteiger partial charge in [-0.25, -0.2) is 8.78 Å². The standard InChI is InChI=1S/C18H18F2N2O/c1-12(18(23)21-17-14(19)8-4-9-15(17)20)22-11-5-7-13-6-2-3-10-16(13)22/h2-4,6,8-10,12H,5,7,11H2,1H3,(H,21,23)/t12-/m1/s1. The molecule has 0 spiro atoms. The lowest BCUT2D eigenvalue weighted by molar-refractivity contribution is -0.117. The Morgan fingerprint density at radius 1 is 1.13 bits per heavy atom. The van der Waals surface area contributed by atoms with Gasteiger partial charge in [-0.3, -0.25) is 4.79 Å². The molecule has 1 amide bonds. The van der Waals surface area contributed by atoms with Gasteiger partial charge in [0, 0.05) is 12.2 Å². The molecule has 3 nitrogen and oxygen atoms in total. The number of anilines is 2. The molecule has 1 aliphatic heterocycles. The van der Waals surface area contributed by atoms with Crippen LogP contribution in [0.3, 0.4) is 0 Å². The second-order valence-corrected chi connectivity index (χ2v) is 5.69. The summed E-state index contributed by atoms with van der Waals surface area (Å²) < 4.78 is 27.4. The number of carbonyl (C=O) groups excluding carboxylic acids is 1. The van der Waals surface area contributed by atoms with Crippen LogP contribution in [-0.4, -0.2) is 18.5 Å². The second-order valence-electron chi connectivity index (χ2n) is 5.69. The molecule has 0 unspecified atom stereocenters. The molecule has 1 heterocycles. The number of nitrogens with one attached hydrogen (secondary N) is 1. The summed E-state index contributed by atoms with van der Waals surface area (Å²) in [6.07, 6.45) is 1.92. The molecule has 0 aliphatic carbocycles. The van der Waals surface area contributed by atoms with Crippen LogP contribution in [0.2, 0.25) is 0 Å². The molecule has 1 atom stereocenters. The lowest BCUT2D eigenvalue weighted by Gasteiger charge is -2.35. The van der Waals surface area contributed by atoms with E-state index in [1.165, 1.54) is 11.6 Å². The van der Waals surface area contributed by atoms with E-state index in [1.807, 2.05) is 29.2 Å². The van der Waals surface area contributed by atoms with Crippen LogP contribution in [-0.2, 0) is 11.2 Å². The lowest BCUT2D eigenvalue weighted by atomic mass is 10.00. The highest BCUT2D eigenvalue weighted by molar-refractivity contribution is 5.97. The molecule has 0 aromatic heterocycles. The van der Waals surface area contributed by atoms with Crippen molar-refractivity contribution in [1.29, 1.82) is 0 Å². The van der Waals surface area contributed by atoms with Crippen molar-refractivity contribution in [1.82, 2.24) is 0 Å². The molecular weight excluding hydrogens is 298 g/mol. The summed E-state index contributed by atoms with van der Waals surface area (Å²) in [5.41, 5.74) is 1.81. The number of hydrogen-bond donors (Lipinski definition) is 1. The van der Waals surface area contributed by atoms with Crippen LogP contribution in [0.5, 0.6) is 0 Å². The van der Waals surface area contributed by atoms with E-state index in [9.17, 15) is 13.6 Å². The van der Waals surface area contributed by atoms with E-state index in [4.69, 9.17) is 0 Å². The minimum absolute atomic E-state index is 0.394. The van der Waals surface area contributed by atoms with Gasteiger partial charge in [0.1, 0.15) is 23.4 Å². The van der Waals surface area contributed by atoms with Crippen LogP contribution in [0, 0.1) is 11.6 Å². The van der Waals surface area contributed by atoms with Gasteiger partial charge in [-0.05, 0) is 43.5 Å². The molecule has 0 saturated heterocycles. The summed E-state index contributed by atoms with van der Waals surface area (Å²) in [6, 6.07) is 10.9. The summed E-state index contributed by atoms with van der Waals surface area (Å²) in [5.74, 6) is -1.97. The largest absolute Gasteiger partial charge is 0.360 e. The van der Waals surface area contributed by atoms with Crippen LogP contribution >= 0.6 is 0 Å². The zero-order valence-corrected chi connectivity index (χ0v) is 12.9. The maximum absolute atomic E-state index is 13.7. The molecule has 1 aliphatic rings. The van der Waals surface area contributed by atoms with Gasteiger partial charge in [-0.2, -0.15) is 0 Å². The molecule has 23 heavy (non-hydrogen) atoms. The minimum atomic E-state index is -0.774. The van der Waals surface area contributed by atoms with Gasteiger partial charge in [-0.1, -0.05) is 24.3 Å². The molecule has 3 rings (SSSR count). The number of fused-ring (bicyclic) bond motifs is 1. The number of aryl methyl sites for hydroxylation is 1. The molecule has 2 aromatic carbocycles. The van der Waals surface area contributed by atoms with Crippen molar-refractivity contribution >= 4 is 17.3 Å². The number of para-hydroxylation sites is 2. The van der Waals surface area contributed by atoms with Crippen molar-refractivity contribution in [2.24, 2.45) is 0 Å². The van der Waals surface area contributed by atoms with Gasteiger partial charge < -0.3 is 10.2 Å². The van der Waals surface area contributed by atoms with Crippen molar-refractivity contribution < 1.29 is 13.6 Å². The fourth-order valence-electron chi connectivity index (χ4n) is 2.95. The number of hydrogen-bond acceptors (Lipinski definition) is 2. The summed E-state index contributed by atoms with van der Waals surface area (Å²) >= 11 is 0. The average molecular weight is 316 g/mol. The van der Waals surface area contributed by atoms with E-state index in [-0.39, 0.29) is 0 Å². The third-order valence-corrected chi connectivity index (χ3v) is 4.20. The van der Waals surface area contributed by atoms with Gasteiger partial charge in [0.25, 0.3) is 0 Å². The molecule has 0 saturated carbocycles. The maximum Gasteiger partial charge on any atom is 0.246 e. The second kappa shape index (κ2) is 6.36. The summed E-state index contributed by atoms with van der Waals surface area (Å²) in [7, 11) is 0. The Balaban J connectivity index is 1.81. The number of rotatable bonds is 3. The number of benzene rings is 2. The van der Waals surface area contributed by atoms with E-state index < -0.39 is 29.3 Å². The van der Waals surface area contributed by atoms with Crippen LogP contribution in [0.1, 0.15) is 18.9 Å². The number of halogens is 2. The Hall–Kier alpha value is -2.43. The van der Waals surface area contributed by atoms with E-state index in [2.05, 4.69) is 5.32 Å². The molecule has 2 aromatic rings. The van der Waals surface area contributed by atoms with Crippen molar-refractivity contribution in [2.75, 3.05) is 16.8 Å². The van der Waals surface area contributed by atoms with Gasteiger partial charge in [0.2, 0.25) is 5.91 Å². The summed E-state index contributed by atoms with van der Waals surface area (Å²) in [5, 5.41) is 2.38. The Bertz CT molecular complexity index is 712. The smallest absolute Gasteiger partial charge is 0.246 e. The highest BCUT2D eigenvalue weighted by Gasteiger charge is 2.26. The Kier molecular flexibility index (Phi) is 4.28. The molecule has 120 valence electrons. The van der Waals surface area contributed by atoms with Crippen molar-refractivity contribution in [3.8, 4) is 0 Å². The molecule has 0 fully saturated rings. The fourth-order valence-corrected chi connectivity index (χ4v) is 2.95. The minimum Gasteiger partial charge on any atom is -0.360 e. The van der Waals surface area contributed by atoms with Crippen LogP contribution in [0.4, 0.5) is 20.2 Å². The zero-order valence-electron chi connectivity index (χ0n) is 12.9. The third kappa shape index (κ3) is 3.04. The zero-order chi connectivity index (χ0) is 16.4. The van der Waals surface area contributed by atoms with Crippen LogP contribution in [0.25, 0.3) is 0 Å². The van der Waals surface area contributed by atoms with Crippen molar-refractivity contribution in [3.63, 3.8) is 0 Å². The Morgan fingerprint density at radius 3 is 2.57 bits per heavy atom. The van der Waals surface area contributed by atoms with Crippen LogP contribution < -0.4 is 10.2 Å². The number of nitrogens with zero attached hydrogens (tertiary/aromatic N) is 1. The van der Waals surface area contributed by atoms with Gasteiger partial charge >= 0.3 is 0 Å². The maximum atomic E-state index is 13.7. The first-order chi connectivity index (χ1) is 11.1. The Labute approximate surface area is 133 Å². The SMILES string of the molecule is C[C@H](C(=O)Nc1c(F)cccc1F)N1CCCc2ccccc21. The van der Waals surface area contributed by atoms with Crippen molar-refractivity contribution in [3.05, 3.63) is 59.7 Å². The summed E-state index contributed by atoms with van der Waals surface area (Å²) in [4.78, 5) is 14.4. The fraction of sp³-hybridized carbons (Fsp3) is 0.278. The predicted octanol–water partition coefficient (Wildman–Crippen LogP) is 3.74. The molecule has 5 heteroatoms. The number of amides is 1. The molecule has 0 bridgehead atoms.